The SMILES string of the molecule is CSCCC(NC(=O)/C(C#N)=C\Nc1ccccc1C)C(=O)O. The number of nitriles is 1. The number of aliphatic carboxylic acids is 1. The van der Waals surface area contributed by atoms with Gasteiger partial charge in [0.05, 0.1) is 0 Å². The minimum atomic E-state index is -1.11. The lowest BCUT2D eigenvalue weighted by atomic mass is 10.2. The number of aryl methyl sites for hydroxylation is 1. The zero-order chi connectivity index (χ0) is 17.2. The van der Waals surface area contributed by atoms with Crippen LogP contribution < -0.4 is 10.6 Å². The molecule has 0 radical (unpaired) electrons. The van der Waals surface area contributed by atoms with Gasteiger partial charge in [-0.05, 0) is 37.0 Å². The van der Waals surface area contributed by atoms with E-state index in [0.717, 1.165) is 11.3 Å². The molecular weight excluding hydrogens is 314 g/mol. The molecule has 23 heavy (non-hydrogen) atoms. The number of amides is 1. The number of nitrogens with one attached hydrogen (secondary N) is 2. The first-order chi connectivity index (χ1) is 11.0. The van der Waals surface area contributed by atoms with E-state index in [2.05, 4.69) is 10.6 Å². The van der Waals surface area contributed by atoms with Gasteiger partial charge in [-0.3, -0.25) is 4.79 Å². The molecule has 0 bridgehead atoms. The van der Waals surface area contributed by atoms with Crippen molar-refractivity contribution < 1.29 is 14.7 Å². The van der Waals surface area contributed by atoms with E-state index < -0.39 is 17.9 Å². The van der Waals surface area contributed by atoms with Gasteiger partial charge in [-0.2, -0.15) is 17.0 Å². The maximum atomic E-state index is 12.0. The average Bonchev–Trinajstić information content (AvgIpc) is 2.53. The van der Waals surface area contributed by atoms with Gasteiger partial charge in [0.2, 0.25) is 0 Å². The second kappa shape index (κ2) is 9.54. The van der Waals surface area contributed by atoms with Gasteiger partial charge in [0.1, 0.15) is 17.7 Å². The normalized spacial score (nSPS) is 12.1. The predicted octanol–water partition coefficient (Wildman–Crippen LogP) is 2.14. The highest BCUT2D eigenvalue weighted by Crippen LogP contribution is 2.13. The number of hydrogen-bond acceptors (Lipinski definition) is 5. The Labute approximate surface area is 139 Å². The number of carboxylic acids is 1. The molecule has 1 amide bonds. The average molecular weight is 333 g/mol. The van der Waals surface area contributed by atoms with Gasteiger partial charge in [-0.15, -0.1) is 0 Å². The van der Waals surface area contributed by atoms with Crippen molar-refractivity contribution in [3.05, 3.63) is 41.6 Å². The number of carboxylic acid groups (broad SMARTS) is 1. The second-order valence-electron chi connectivity index (χ2n) is 4.77. The van der Waals surface area contributed by atoms with Crippen LogP contribution in [0.3, 0.4) is 0 Å². The lowest BCUT2D eigenvalue weighted by Gasteiger charge is -2.13. The van der Waals surface area contributed by atoms with E-state index in [9.17, 15) is 9.59 Å². The molecule has 7 heteroatoms. The zero-order valence-corrected chi connectivity index (χ0v) is 13.8. The van der Waals surface area contributed by atoms with Crippen LogP contribution in [0.1, 0.15) is 12.0 Å². The summed E-state index contributed by atoms with van der Waals surface area (Å²) in [5, 5.41) is 23.5. The molecule has 1 atom stereocenters. The highest BCUT2D eigenvalue weighted by Gasteiger charge is 2.21. The van der Waals surface area contributed by atoms with Crippen LogP contribution in [0, 0.1) is 18.3 Å². The number of benzene rings is 1. The molecule has 0 heterocycles. The number of anilines is 1. The van der Waals surface area contributed by atoms with Crippen LogP contribution in [0.15, 0.2) is 36.0 Å². The Bertz CT molecular complexity index is 638. The molecule has 0 spiro atoms. The number of carbonyl (C=O) groups is 2. The summed E-state index contributed by atoms with van der Waals surface area (Å²) in [6, 6.07) is 8.19. The molecule has 0 saturated heterocycles. The molecule has 0 fully saturated rings. The van der Waals surface area contributed by atoms with Crippen molar-refractivity contribution in [1.82, 2.24) is 5.32 Å². The third-order valence-electron chi connectivity index (χ3n) is 3.10. The summed E-state index contributed by atoms with van der Waals surface area (Å²) in [4.78, 5) is 23.2. The molecule has 1 aromatic rings. The molecule has 1 rings (SSSR count). The van der Waals surface area contributed by atoms with Gasteiger partial charge in [0.25, 0.3) is 5.91 Å². The molecular formula is C16H19N3O3S. The number of rotatable bonds is 8. The molecule has 3 N–H and O–H groups in total. The maximum Gasteiger partial charge on any atom is 0.326 e. The van der Waals surface area contributed by atoms with E-state index in [4.69, 9.17) is 10.4 Å². The number of carbonyl (C=O) groups excluding carboxylic acids is 1. The summed E-state index contributed by atoms with van der Waals surface area (Å²) in [7, 11) is 0. The standard InChI is InChI=1S/C16H19N3O3S/c1-11-5-3-4-6-13(11)18-10-12(9-17)15(20)19-14(16(21)22)7-8-23-2/h3-6,10,14,18H,7-8H2,1-2H3,(H,19,20)(H,21,22)/b12-10-. The summed E-state index contributed by atoms with van der Waals surface area (Å²) >= 11 is 1.49. The minimum absolute atomic E-state index is 0.177. The number of hydrogen-bond donors (Lipinski definition) is 3. The van der Waals surface area contributed by atoms with E-state index in [-0.39, 0.29) is 5.57 Å². The van der Waals surface area contributed by atoms with E-state index in [0.29, 0.717) is 12.2 Å². The van der Waals surface area contributed by atoms with Gasteiger partial charge < -0.3 is 15.7 Å². The van der Waals surface area contributed by atoms with Gasteiger partial charge in [0, 0.05) is 11.9 Å². The summed E-state index contributed by atoms with van der Waals surface area (Å²) in [6.07, 6.45) is 3.44. The zero-order valence-electron chi connectivity index (χ0n) is 13.0. The van der Waals surface area contributed by atoms with Gasteiger partial charge in [-0.1, -0.05) is 18.2 Å². The Hall–Kier alpha value is -2.46. The third kappa shape index (κ3) is 6.04. The maximum absolute atomic E-state index is 12.0. The summed E-state index contributed by atoms with van der Waals surface area (Å²) in [5.41, 5.74) is 1.55. The van der Waals surface area contributed by atoms with Crippen molar-refractivity contribution in [2.45, 2.75) is 19.4 Å². The predicted molar refractivity (Wildman–Crippen MR) is 91.1 cm³/mol. The molecule has 0 aliphatic carbocycles. The smallest absolute Gasteiger partial charge is 0.326 e. The minimum Gasteiger partial charge on any atom is -0.480 e. The lowest BCUT2D eigenvalue weighted by Crippen LogP contribution is -2.41. The lowest BCUT2D eigenvalue weighted by molar-refractivity contribution is -0.141. The highest BCUT2D eigenvalue weighted by atomic mass is 32.2. The second-order valence-corrected chi connectivity index (χ2v) is 5.76. The first-order valence-electron chi connectivity index (χ1n) is 6.94. The molecule has 0 aliphatic heterocycles. The molecule has 0 aliphatic rings. The fourth-order valence-electron chi connectivity index (χ4n) is 1.76. The monoisotopic (exact) mass is 333 g/mol. The Morgan fingerprint density at radius 2 is 2.13 bits per heavy atom. The molecule has 122 valence electrons. The topological polar surface area (TPSA) is 102 Å². The Morgan fingerprint density at radius 3 is 2.70 bits per heavy atom. The fourth-order valence-corrected chi connectivity index (χ4v) is 2.23. The summed E-state index contributed by atoms with van der Waals surface area (Å²) in [5.74, 6) is -1.22. The molecule has 6 nitrogen and oxygen atoms in total. The van der Waals surface area contributed by atoms with Crippen molar-refractivity contribution in [1.29, 1.82) is 5.26 Å². The van der Waals surface area contributed by atoms with E-state index in [1.807, 2.05) is 37.4 Å². The van der Waals surface area contributed by atoms with Crippen LogP contribution in [0.4, 0.5) is 5.69 Å². The van der Waals surface area contributed by atoms with Crippen LogP contribution in [-0.4, -0.2) is 35.0 Å². The quantitative estimate of drug-likeness (QED) is 0.497. The van der Waals surface area contributed by atoms with Crippen molar-refractivity contribution in [3.8, 4) is 6.07 Å². The van der Waals surface area contributed by atoms with Gasteiger partial charge in [-0.25, -0.2) is 4.79 Å². The van der Waals surface area contributed by atoms with Crippen LogP contribution >= 0.6 is 11.8 Å². The summed E-state index contributed by atoms with van der Waals surface area (Å²) < 4.78 is 0. The van der Waals surface area contributed by atoms with Crippen molar-refractivity contribution in [2.75, 3.05) is 17.3 Å². The van der Waals surface area contributed by atoms with E-state index in [1.165, 1.54) is 18.0 Å². The Kier molecular flexibility index (Phi) is 7.71. The molecule has 0 aromatic heterocycles. The Balaban J connectivity index is 2.78. The first kappa shape index (κ1) is 18.6. The highest BCUT2D eigenvalue weighted by molar-refractivity contribution is 7.98. The molecule has 0 saturated carbocycles. The first-order valence-corrected chi connectivity index (χ1v) is 8.34. The number of nitrogens with zero attached hydrogens (tertiary/aromatic N) is 1. The summed E-state index contributed by atoms with van der Waals surface area (Å²) in [6.45, 7) is 1.89. The van der Waals surface area contributed by atoms with Gasteiger partial charge >= 0.3 is 5.97 Å². The van der Waals surface area contributed by atoms with Gasteiger partial charge in [0.15, 0.2) is 0 Å². The molecule has 1 unspecified atom stereocenters. The van der Waals surface area contributed by atoms with Crippen LogP contribution in [0.25, 0.3) is 0 Å². The van der Waals surface area contributed by atoms with E-state index >= 15 is 0 Å². The number of para-hydroxylation sites is 1. The van der Waals surface area contributed by atoms with Crippen molar-refractivity contribution in [2.24, 2.45) is 0 Å². The van der Waals surface area contributed by atoms with E-state index in [1.54, 1.807) is 6.07 Å². The van der Waals surface area contributed by atoms with Crippen molar-refractivity contribution >= 4 is 29.3 Å². The fraction of sp³-hybridized carbons (Fsp3) is 0.312. The largest absolute Gasteiger partial charge is 0.480 e. The number of thioether (sulfide) groups is 1. The van der Waals surface area contributed by atoms with Crippen molar-refractivity contribution in [3.63, 3.8) is 0 Å². The molecule has 1 aromatic carbocycles. The van der Waals surface area contributed by atoms with Crippen LogP contribution in [-0.2, 0) is 9.59 Å². The van der Waals surface area contributed by atoms with Crippen LogP contribution in [0.2, 0.25) is 0 Å². The Morgan fingerprint density at radius 1 is 1.43 bits per heavy atom. The third-order valence-corrected chi connectivity index (χ3v) is 3.74. The van der Waals surface area contributed by atoms with Crippen LogP contribution in [0.5, 0.6) is 0 Å².